The molecule has 0 amide bonds. The number of fused-ring (bicyclic) bond motifs is 2. The normalized spacial score (nSPS) is 27.3. The van der Waals surface area contributed by atoms with Crippen LogP contribution in [0, 0.1) is 17.8 Å². The molecule has 3 aromatic rings. The van der Waals surface area contributed by atoms with Crippen LogP contribution in [0.15, 0.2) is 42.7 Å². The lowest BCUT2D eigenvalue weighted by Gasteiger charge is -2.33. The third kappa shape index (κ3) is 7.00. The summed E-state index contributed by atoms with van der Waals surface area (Å²) < 4.78 is 1.91. The zero-order valence-corrected chi connectivity index (χ0v) is 27.6. The first-order chi connectivity index (χ1) is 22.4. The summed E-state index contributed by atoms with van der Waals surface area (Å²) in [4.78, 5) is 24.7. The van der Waals surface area contributed by atoms with Gasteiger partial charge in [-0.25, -0.2) is 9.97 Å². The van der Waals surface area contributed by atoms with E-state index in [-0.39, 0.29) is 12.0 Å². The van der Waals surface area contributed by atoms with Gasteiger partial charge < -0.3 is 15.7 Å². The molecule has 4 aliphatic rings. The molecule has 1 saturated heterocycles. The molecule has 9 heteroatoms. The van der Waals surface area contributed by atoms with E-state index < -0.39 is 5.97 Å². The lowest BCUT2D eigenvalue weighted by atomic mass is 9.78. The van der Waals surface area contributed by atoms with Crippen molar-refractivity contribution in [3.8, 4) is 0 Å². The quantitative estimate of drug-likeness (QED) is 0.229. The maximum absolute atomic E-state index is 11.5. The molecule has 3 heterocycles. The fraction of sp³-hybridized carbons (Fsp3) is 0.622. The van der Waals surface area contributed by atoms with Crippen LogP contribution in [-0.2, 0) is 31.2 Å². The Morgan fingerprint density at radius 1 is 1.09 bits per heavy atom. The minimum absolute atomic E-state index is 0.0952. The number of aliphatic carboxylic acids is 1. The van der Waals surface area contributed by atoms with E-state index in [1.54, 1.807) is 0 Å². The van der Waals surface area contributed by atoms with Gasteiger partial charge in [-0.15, -0.1) is 0 Å². The Bertz CT molecular complexity index is 1480. The summed E-state index contributed by atoms with van der Waals surface area (Å²) in [6.07, 6.45) is 15.6. The van der Waals surface area contributed by atoms with Gasteiger partial charge in [-0.05, 0) is 100 Å². The van der Waals surface area contributed by atoms with Gasteiger partial charge in [-0.3, -0.25) is 14.4 Å². The van der Waals surface area contributed by atoms with Crippen molar-refractivity contribution in [3.63, 3.8) is 0 Å². The first kappa shape index (κ1) is 31.3. The summed E-state index contributed by atoms with van der Waals surface area (Å²) in [6, 6.07) is 12.1. The van der Waals surface area contributed by atoms with E-state index >= 15 is 0 Å². The Balaban J connectivity index is 1.14. The van der Waals surface area contributed by atoms with Gasteiger partial charge in [0.05, 0.1) is 24.7 Å². The minimum Gasteiger partial charge on any atom is -0.481 e. The number of carbonyl (C=O) groups is 1. The molecule has 3 fully saturated rings. The minimum atomic E-state index is -0.640. The van der Waals surface area contributed by atoms with Crippen molar-refractivity contribution >= 4 is 11.8 Å². The third-order valence-electron chi connectivity index (χ3n) is 11.5. The average molecular weight is 626 g/mol. The lowest BCUT2D eigenvalue weighted by molar-refractivity contribution is -0.143. The largest absolute Gasteiger partial charge is 0.481 e. The smallest absolute Gasteiger partial charge is 0.306 e. The number of rotatable bonds is 12. The SMILES string of the molecule is CC[C@@H](NCc1nc2c(c(N[C@@H](CN3CCC[C@H]4C[C@H]43)c3cnn(C)c3)n1)C[C@H](c1ccccc1)CC2)C1CCC(C(=O)O)CC1. The van der Waals surface area contributed by atoms with Gasteiger partial charge in [0, 0.05) is 48.7 Å². The van der Waals surface area contributed by atoms with Crippen LogP contribution in [-0.4, -0.2) is 60.9 Å². The number of benzene rings is 1. The summed E-state index contributed by atoms with van der Waals surface area (Å²) in [5.41, 5.74) is 5.04. The molecule has 9 nitrogen and oxygen atoms in total. The molecule has 7 rings (SSSR count). The molecule has 1 aliphatic heterocycles. The third-order valence-corrected chi connectivity index (χ3v) is 11.5. The molecule has 0 radical (unpaired) electrons. The Morgan fingerprint density at radius 3 is 2.65 bits per heavy atom. The second-order valence-electron chi connectivity index (χ2n) is 14.5. The van der Waals surface area contributed by atoms with Gasteiger partial charge in [0.15, 0.2) is 0 Å². The fourth-order valence-corrected chi connectivity index (χ4v) is 8.70. The average Bonchev–Trinajstić information content (AvgIpc) is 3.76. The zero-order valence-electron chi connectivity index (χ0n) is 27.6. The Kier molecular flexibility index (Phi) is 9.41. The van der Waals surface area contributed by atoms with Crippen molar-refractivity contribution in [3.05, 3.63) is 70.9 Å². The van der Waals surface area contributed by atoms with Gasteiger partial charge in [0.1, 0.15) is 11.6 Å². The molecule has 246 valence electrons. The predicted octanol–water partition coefficient (Wildman–Crippen LogP) is 5.88. The molecular weight excluding hydrogens is 574 g/mol. The van der Waals surface area contributed by atoms with Crippen molar-refractivity contribution in [1.29, 1.82) is 0 Å². The van der Waals surface area contributed by atoms with E-state index in [4.69, 9.17) is 9.97 Å². The molecule has 0 bridgehead atoms. The van der Waals surface area contributed by atoms with E-state index in [0.717, 1.165) is 81.5 Å². The summed E-state index contributed by atoms with van der Waals surface area (Å²) >= 11 is 0. The number of carboxylic acid groups (broad SMARTS) is 1. The second-order valence-corrected chi connectivity index (χ2v) is 14.5. The number of aryl methyl sites for hydroxylation is 2. The van der Waals surface area contributed by atoms with Crippen LogP contribution < -0.4 is 10.6 Å². The Hall–Kier alpha value is -3.30. The first-order valence-electron chi connectivity index (χ1n) is 17.8. The summed E-state index contributed by atoms with van der Waals surface area (Å²) in [5.74, 6) is 2.84. The molecule has 1 aromatic carbocycles. The van der Waals surface area contributed by atoms with Crippen molar-refractivity contribution in [2.45, 2.75) is 108 Å². The van der Waals surface area contributed by atoms with Crippen molar-refractivity contribution in [2.24, 2.45) is 24.8 Å². The highest BCUT2D eigenvalue weighted by molar-refractivity contribution is 5.70. The Morgan fingerprint density at radius 2 is 1.91 bits per heavy atom. The van der Waals surface area contributed by atoms with Crippen molar-refractivity contribution < 1.29 is 9.90 Å². The van der Waals surface area contributed by atoms with Gasteiger partial charge in [-0.2, -0.15) is 5.10 Å². The Labute approximate surface area is 273 Å². The number of anilines is 1. The molecule has 3 aliphatic carbocycles. The number of piperidine rings is 1. The van der Waals surface area contributed by atoms with Crippen LogP contribution in [0.5, 0.6) is 0 Å². The molecule has 46 heavy (non-hydrogen) atoms. The standard InChI is InChI=1S/C37H51N7O2/c1-3-31(25-11-13-26(14-12-25)37(45)46)38-21-35-40-32-16-15-27(24-8-5-4-6-9-24)18-30(32)36(42-35)41-33(29-20-39-43(2)22-29)23-44-17-7-10-28-19-34(28)44/h4-6,8-9,20,22,25-28,31,33-34,38H,3,7,10-19,21,23H2,1-2H3,(H,45,46)(H,40,41,42)/t25?,26?,27-,28+,31-,33+,34-/m1/s1. The van der Waals surface area contributed by atoms with Gasteiger partial charge in [0.25, 0.3) is 0 Å². The van der Waals surface area contributed by atoms with E-state index in [2.05, 4.69) is 64.1 Å². The van der Waals surface area contributed by atoms with Crippen LogP contribution in [0.25, 0.3) is 0 Å². The molecular formula is C37H51N7O2. The highest BCUT2D eigenvalue weighted by atomic mass is 16.4. The summed E-state index contributed by atoms with van der Waals surface area (Å²) in [6.45, 7) is 4.97. The molecule has 0 spiro atoms. The first-order valence-corrected chi connectivity index (χ1v) is 17.8. The van der Waals surface area contributed by atoms with E-state index in [1.165, 1.54) is 48.2 Å². The van der Waals surface area contributed by atoms with Gasteiger partial charge >= 0.3 is 5.97 Å². The molecule has 3 N–H and O–H groups in total. The van der Waals surface area contributed by atoms with Crippen LogP contribution in [0.3, 0.4) is 0 Å². The number of likely N-dealkylation sites (tertiary alicyclic amines) is 1. The number of carboxylic acids is 1. The van der Waals surface area contributed by atoms with E-state index in [9.17, 15) is 9.90 Å². The fourth-order valence-electron chi connectivity index (χ4n) is 8.70. The number of nitrogens with zero attached hydrogens (tertiary/aromatic N) is 5. The maximum atomic E-state index is 11.5. The van der Waals surface area contributed by atoms with Crippen molar-refractivity contribution in [2.75, 3.05) is 18.4 Å². The highest BCUT2D eigenvalue weighted by Crippen LogP contribution is 2.44. The van der Waals surface area contributed by atoms with Crippen LogP contribution in [0.1, 0.15) is 105 Å². The number of aromatic nitrogens is 4. The van der Waals surface area contributed by atoms with Gasteiger partial charge in [0.2, 0.25) is 0 Å². The molecule has 2 aromatic heterocycles. The highest BCUT2D eigenvalue weighted by Gasteiger charge is 2.44. The van der Waals surface area contributed by atoms with E-state index in [0.29, 0.717) is 24.4 Å². The number of hydrogen-bond donors (Lipinski definition) is 3. The van der Waals surface area contributed by atoms with Crippen molar-refractivity contribution in [1.82, 2.24) is 30.0 Å². The molecule has 2 saturated carbocycles. The summed E-state index contributed by atoms with van der Waals surface area (Å²) in [7, 11) is 2.00. The zero-order chi connectivity index (χ0) is 31.6. The number of hydrogen-bond acceptors (Lipinski definition) is 7. The summed E-state index contributed by atoms with van der Waals surface area (Å²) in [5, 5.41) is 21.8. The van der Waals surface area contributed by atoms with Crippen LogP contribution in [0.4, 0.5) is 5.82 Å². The van der Waals surface area contributed by atoms with E-state index in [1.807, 2.05) is 17.9 Å². The molecule has 0 unspecified atom stereocenters. The number of nitrogens with one attached hydrogen (secondary N) is 2. The second kappa shape index (κ2) is 13.8. The van der Waals surface area contributed by atoms with Crippen LogP contribution >= 0.6 is 0 Å². The predicted molar refractivity (Wildman–Crippen MR) is 180 cm³/mol. The topological polar surface area (TPSA) is 108 Å². The van der Waals surface area contributed by atoms with Gasteiger partial charge in [-0.1, -0.05) is 37.3 Å². The molecule has 5 atom stereocenters. The monoisotopic (exact) mass is 625 g/mol. The lowest BCUT2D eigenvalue weighted by Crippen LogP contribution is -2.39. The van der Waals surface area contributed by atoms with Crippen LogP contribution in [0.2, 0.25) is 0 Å². The maximum Gasteiger partial charge on any atom is 0.306 e.